The number of nitrogens with one attached hydrogen (secondary N) is 1. The van der Waals surface area contributed by atoms with Gasteiger partial charge in [-0.05, 0) is 57.5 Å². The summed E-state index contributed by atoms with van der Waals surface area (Å²) in [5.74, 6) is 0.748. The van der Waals surface area contributed by atoms with Crippen molar-refractivity contribution in [2.45, 2.75) is 32.6 Å². The highest BCUT2D eigenvalue weighted by Crippen LogP contribution is 2.39. The van der Waals surface area contributed by atoms with E-state index >= 15 is 0 Å². The van der Waals surface area contributed by atoms with Crippen molar-refractivity contribution in [3.05, 3.63) is 41.5 Å². The molecule has 0 aliphatic heterocycles. The van der Waals surface area contributed by atoms with Crippen molar-refractivity contribution in [1.29, 1.82) is 0 Å². The molecule has 158 valence electrons. The highest BCUT2D eigenvalue weighted by molar-refractivity contribution is 7.89. The number of hydrogen-bond donors (Lipinski definition) is 2. The maximum absolute atomic E-state index is 12.8. The van der Waals surface area contributed by atoms with E-state index in [0.717, 1.165) is 0 Å². The Morgan fingerprint density at radius 3 is 2.00 bits per heavy atom. The van der Waals surface area contributed by atoms with Gasteiger partial charge < -0.3 is 19.5 Å². The molecule has 0 spiro atoms. The Hall–Kier alpha value is -2.78. The lowest BCUT2D eigenvalue weighted by Gasteiger charge is -2.17. The van der Waals surface area contributed by atoms with Gasteiger partial charge in [0.25, 0.3) is 5.91 Å². The third-order valence-electron chi connectivity index (χ3n) is 3.92. The first kappa shape index (κ1) is 22.5. The predicted molar refractivity (Wildman–Crippen MR) is 110 cm³/mol. The van der Waals surface area contributed by atoms with Crippen LogP contribution in [0.5, 0.6) is 17.2 Å². The molecule has 2 aromatic rings. The van der Waals surface area contributed by atoms with Gasteiger partial charge in [0.15, 0.2) is 11.5 Å². The molecule has 0 heterocycles. The molecule has 8 nitrogen and oxygen atoms in total. The van der Waals surface area contributed by atoms with Crippen LogP contribution in [-0.2, 0) is 10.0 Å². The first-order valence-corrected chi connectivity index (χ1v) is 10.8. The Morgan fingerprint density at radius 1 is 0.966 bits per heavy atom. The van der Waals surface area contributed by atoms with E-state index in [4.69, 9.17) is 19.3 Å². The van der Waals surface area contributed by atoms with Crippen molar-refractivity contribution < 1.29 is 27.4 Å². The lowest BCUT2D eigenvalue weighted by Crippen LogP contribution is -2.16. The molecule has 2 rings (SSSR count). The zero-order valence-corrected chi connectivity index (χ0v) is 17.8. The number of benzene rings is 2. The monoisotopic (exact) mass is 422 g/mol. The van der Waals surface area contributed by atoms with Crippen molar-refractivity contribution in [2.24, 2.45) is 5.14 Å². The van der Waals surface area contributed by atoms with Crippen LogP contribution in [0.1, 0.15) is 36.7 Å². The topological polar surface area (TPSA) is 117 Å². The normalized spacial score (nSPS) is 11.1. The van der Waals surface area contributed by atoms with Gasteiger partial charge in [0.05, 0.1) is 24.7 Å². The maximum Gasteiger partial charge on any atom is 0.255 e. The minimum atomic E-state index is -3.90. The number of anilines is 1. The van der Waals surface area contributed by atoms with E-state index in [1.807, 2.05) is 20.8 Å². The summed E-state index contributed by atoms with van der Waals surface area (Å²) in [5.41, 5.74) is 1.07. The zero-order chi connectivity index (χ0) is 21.6. The summed E-state index contributed by atoms with van der Waals surface area (Å²) in [6.45, 7) is 8.28. The van der Waals surface area contributed by atoms with E-state index in [-0.39, 0.29) is 10.5 Å². The molecule has 9 heteroatoms. The Morgan fingerprint density at radius 2 is 1.52 bits per heavy atom. The number of carbonyl (C=O) groups is 1. The molecule has 0 atom stereocenters. The minimum Gasteiger partial charge on any atom is -0.490 e. The third-order valence-corrected chi connectivity index (χ3v) is 4.98. The van der Waals surface area contributed by atoms with Crippen LogP contribution in [-0.4, -0.2) is 34.1 Å². The molecule has 0 radical (unpaired) electrons. The Balaban J connectivity index is 2.42. The Bertz CT molecular complexity index is 961. The fourth-order valence-electron chi connectivity index (χ4n) is 2.71. The van der Waals surface area contributed by atoms with Crippen molar-refractivity contribution in [3.8, 4) is 17.2 Å². The van der Waals surface area contributed by atoms with Crippen LogP contribution in [0.15, 0.2) is 35.2 Å². The largest absolute Gasteiger partial charge is 0.490 e. The van der Waals surface area contributed by atoms with E-state index in [0.29, 0.717) is 48.3 Å². The first-order valence-electron chi connectivity index (χ1n) is 9.22. The van der Waals surface area contributed by atoms with Crippen LogP contribution in [0.4, 0.5) is 5.69 Å². The SMILES string of the molecule is CCOc1cc(C(=O)Nc2ccc(C)c(S(N)(=O)=O)c2)cc(OCC)c1OCC. The van der Waals surface area contributed by atoms with Gasteiger partial charge in [-0.1, -0.05) is 6.07 Å². The summed E-state index contributed by atoms with van der Waals surface area (Å²) in [6, 6.07) is 7.61. The number of amides is 1. The fraction of sp³-hybridized carbons (Fsp3) is 0.350. The fourth-order valence-corrected chi connectivity index (χ4v) is 3.52. The van der Waals surface area contributed by atoms with E-state index in [2.05, 4.69) is 5.32 Å². The molecule has 0 aliphatic rings. The summed E-state index contributed by atoms with van der Waals surface area (Å²) in [7, 11) is -3.90. The van der Waals surface area contributed by atoms with Gasteiger partial charge in [-0.15, -0.1) is 0 Å². The molecule has 0 aliphatic carbocycles. The molecule has 0 fully saturated rings. The molecule has 2 aromatic carbocycles. The Kier molecular flexibility index (Phi) is 7.46. The average molecular weight is 423 g/mol. The van der Waals surface area contributed by atoms with Gasteiger partial charge in [0.2, 0.25) is 15.8 Å². The summed E-state index contributed by atoms with van der Waals surface area (Å²) >= 11 is 0. The van der Waals surface area contributed by atoms with Crippen molar-refractivity contribution in [1.82, 2.24) is 0 Å². The van der Waals surface area contributed by atoms with Crippen LogP contribution in [0.3, 0.4) is 0 Å². The predicted octanol–water partition coefficient (Wildman–Crippen LogP) is 3.09. The molecular weight excluding hydrogens is 396 g/mol. The van der Waals surface area contributed by atoms with Crippen LogP contribution in [0, 0.1) is 6.92 Å². The first-order chi connectivity index (χ1) is 13.7. The van der Waals surface area contributed by atoms with Crippen LogP contribution in [0.2, 0.25) is 0 Å². The lowest BCUT2D eigenvalue weighted by atomic mass is 10.1. The number of aryl methyl sites for hydroxylation is 1. The maximum atomic E-state index is 12.8. The molecule has 0 saturated heterocycles. The number of hydrogen-bond acceptors (Lipinski definition) is 6. The van der Waals surface area contributed by atoms with Gasteiger partial charge in [0.1, 0.15) is 0 Å². The molecule has 3 N–H and O–H groups in total. The van der Waals surface area contributed by atoms with E-state index in [9.17, 15) is 13.2 Å². The third kappa shape index (κ3) is 5.61. The number of primary sulfonamides is 1. The number of carbonyl (C=O) groups excluding carboxylic acids is 1. The number of rotatable bonds is 9. The standard InChI is InChI=1S/C20H26N2O6S/c1-5-26-16-10-14(11-17(27-6-2)19(16)28-7-3)20(23)22-15-9-8-13(4)18(12-15)29(21,24)25/h8-12H,5-7H2,1-4H3,(H,22,23)(H2,21,24,25). The van der Waals surface area contributed by atoms with Crippen LogP contribution in [0.25, 0.3) is 0 Å². The van der Waals surface area contributed by atoms with Crippen LogP contribution >= 0.6 is 0 Å². The molecule has 29 heavy (non-hydrogen) atoms. The lowest BCUT2D eigenvalue weighted by molar-refractivity contribution is 0.102. The second-order valence-electron chi connectivity index (χ2n) is 6.08. The number of ether oxygens (including phenoxy) is 3. The van der Waals surface area contributed by atoms with E-state index in [1.165, 1.54) is 6.07 Å². The van der Waals surface area contributed by atoms with Crippen molar-refractivity contribution in [3.63, 3.8) is 0 Å². The minimum absolute atomic E-state index is 0.0491. The van der Waals surface area contributed by atoms with Gasteiger partial charge in [0, 0.05) is 11.3 Å². The molecular formula is C20H26N2O6S. The summed E-state index contributed by atoms with van der Waals surface area (Å²) < 4.78 is 40.3. The van der Waals surface area contributed by atoms with Crippen molar-refractivity contribution >= 4 is 21.6 Å². The van der Waals surface area contributed by atoms with E-state index in [1.54, 1.807) is 31.2 Å². The second-order valence-corrected chi connectivity index (χ2v) is 7.61. The van der Waals surface area contributed by atoms with E-state index < -0.39 is 15.9 Å². The average Bonchev–Trinajstić information content (AvgIpc) is 2.65. The number of sulfonamides is 1. The second kappa shape index (κ2) is 9.62. The quantitative estimate of drug-likeness (QED) is 0.641. The van der Waals surface area contributed by atoms with Gasteiger partial charge in [-0.2, -0.15) is 0 Å². The number of nitrogens with two attached hydrogens (primary N) is 1. The van der Waals surface area contributed by atoms with Gasteiger partial charge >= 0.3 is 0 Å². The Labute approximate surface area is 171 Å². The highest BCUT2D eigenvalue weighted by atomic mass is 32.2. The summed E-state index contributed by atoms with van der Waals surface area (Å²) in [6.07, 6.45) is 0. The highest BCUT2D eigenvalue weighted by Gasteiger charge is 2.19. The summed E-state index contributed by atoms with van der Waals surface area (Å²) in [5, 5.41) is 7.91. The molecule has 0 aromatic heterocycles. The molecule has 1 amide bonds. The molecule has 0 unspecified atom stereocenters. The molecule has 0 bridgehead atoms. The van der Waals surface area contributed by atoms with Crippen molar-refractivity contribution in [2.75, 3.05) is 25.1 Å². The van der Waals surface area contributed by atoms with Gasteiger partial charge in [-0.3, -0.25) is 4.79 Å². The summed E-state index contributed by atoms with van der Waals surface area (Å²) in [4.78, 5) is 12.7. The van der Waals surface area contributed by atoms with Crippen LogP contribution < -0.4 is 24.7 Å². The van der Waals surface area contributed by atoms with Gasteiger partial charge in [-0.25, -0.2) is 13.6 Å². The zero-order valence-electron chi connectivity index (χ0n) is 16.9. The molecule has 0 saturated carbocycles. The smallest absolute Gasteiger partial charge is 0.255 e.